The molecular formula is C77H88N4O9S2. The van der Waals surface area contributed by atoms with Gasteiger partial charge < -0.3 is 60.7 Å². The molecule has 0 amide bonds. The van der Waals surface area contributed by atoms with E-state index in [0.29, 0.717) is 59.8 Å². The van der Waals surface area contributed by atoms with Crippen LogP contribution >= 0.6 is 21.6 Å². The highest BCUT2D eigenvalue weighted by molar-refractivity contribution is 8.76. The Balaban J connectivity index is 1.05. The van der Waals surface area contributed by atoms with Gasteiger partial charge in [-0.15, -0.1) is 0 Å². The minimum Gasteiger partial charge on any atom is -0.508 e. The molecule has 1 unspecified atom stereocenters. The summed E-state index contributed by atoms with van der Waals surface area (Å²) in [6.07, 6.45) is 23.7. The summed E-state index contributed by atoms with van der Waals surface area (Å²) in [4.78, 5) is 13.5. The Kier molecular flexibility index (Phi) is 16.3. The standard InChI is InChI=1S/C77H88N4O9S2/c1-42(83)88-39-60-53-18-19-55-67-49(32-52(84)33-64(67)87-3)35-76-28-25-47(34-76)70-54-21-24-66(78)81-62(54)22-16-45-13-14-46-30-48-31-50(77(70)26-5-4-6-27-77)17-15-44(48)10-8-12-61(58(37-82)59(46)38-86-2)79-36-57-68(45)69(73(60)90-74(53)71(55)76)56-20-23-63-65(89-75(56)72(57)85)41-92-91-40-43-9-7-11-51(29-43)80-63/h15,17-21,23-24,31-33,43,45-47,51,58-61,63,65-66,70,73,79-82,84-85H,4-12,25-30,34-41,78H2,1-3H3/t43-,45+,46-,47-,51-,58+,59-,60+,61-,63+,65+,66?,70-,73+,76+/m1/s1. The number of hydrogen-bond donors (Lipinski definition) is 7. The number of rotatable bonds is 6. The molecule has 16 rings (SSSR count). The van der Waals surface area contributed by atoms with Gasteiger partial charge in [0, 0.05) is 119 Å². The average molecular weight is 1280 g/mol. The van der Waals surface area contributed by atoms with E-state index in [-0.39, 0.29) is 84.4 Å². The van der Waals surface area contributed by atoms with Gasteiger partial charge in [-0.25, -0.2) is 0 Å². The van der Waals surface area contributed by atoms with E-state index in [1.165, 1.54) is 48.4 Å². The Morgan fingerprint density at radius 1 is 0.859 bits per heavy atom. The van der Waals surface area contributed by atoms with E-state index in [2.05, 4.69) is 94.3 Å². The van der Waals surface area contributed by atoms with Crippen LogP contribution in [0.4, 0.5) is 0 Å². The molecule has 6 heterocycles. The molecule has 1 saturated heterocycles. The molecule has 15 atom stereocenters. The number of aliphatic hydroxyl groups excluding tert-OH is 1. The van der Waals surface area contributed by atoms with Crippen molar-refractivity contribution in [2.75, 3.05) is 45.5 Å². The van der Waals surface area contributed by atoms with Gasteiger partial charge in [0.2, 0.25) is 0 Å². The van der Waals surface area contributed by atoms with Crippen molar-refractivity contribution in [1.29, 1.82) is 0 Å². The van der Waals surface area contributed by atoms with Crippen molar-refractivity contribution in [2.45, 2.75) is 182 Å². The number of phenols is 2. The number of methoxy groups -OCH3 is 2. The zero-order valence-corrected chi connectivity index (χ0v) is 55.0. The molecule has 4 aromatic rings. The van der Waals surface area contributed by atoms with E-state index in [1.54, 1.807) is 20.3 Å². The Morgan fingerprint density at radius 2 is 1.74 bits per heavy atom. The van der Waals surface area contributed by atoms with Gasteiger partial charge in [-0.05, 0) is 158 Å². The topological polar surface area (TPSA) is 186 Å². The van der Waals surface area contributed by atoms with Crippen LogP contribution in [0.15, 0.2) is 72.0 Å². The summed E-state index contributed by atoms with van der Waals surface area (Å²) in [6.45, 7) is 2.01. The Morgan fingerprint density at radius 3 is 2.59 bits per heavy atom. The first-order valence-electron chi connectivity index (χ1n) is 34.5. The third-order valence-electron chi connectivity index (χ3n) is 24.1. The van der Waals surface area contributed by atoms with E-state index in [4.69, 9.17) is 29.4 Å². The minimum absolute atomic E-state index is 0.00777. The number of fused-ring (bicyclic) bond motifs is 16. The molecular weight excluding hydrogens is 1190 g/mol. The number of aromatic hydroxyl groups is 2. The van der Waals surface area contributed by atoms with Crippen molar-refractivity contribution in [3.63, 3.8) is 0 Å². The van der Waals surface area contributed by atoms with Gasteiger partial charge >= 0.3 is 5.97 Å². The molecule has 2 spiro atoms. The second-order valence-electron chi connectivity index (χ2n) is 29.1. The highest BCUT2D eigenvalue weighted by Gasteiger charge is 2.57. The second kappa shape index (κ2) is 24.6. The fourth-order valence-corrected chi connectivity index (χ4v) is 22.7. The zero-order chi connectivity index (χ0) is 62.6. The normalized spacial score (nSPS) is 33.2. The summed E-state index contributed by atoms with van der Waals surface area (Å²) in [5.74, 6) is 18.0. The maximum absolute atomic E-state index is 13.9. The fourth-order valence-electron chi connectivity index (χ4n) is 20.1. The quantitative estimate of drug-likeness (QED) is 0.0549. The first-order chi connectivity index (χ1) is 44.9. The number of phenolic OH excluding ortho intramolecular Hbond substituents is 2. The molecule has 0 aromatic heterocycles. The van der Waals surface area contributed by atoms with Crippen LogP contribution in [-0.4, -0.2) is 97.2 Å². The van der Waals surface area contributed by atoms with Crippen LogP contribution in [0.3, 0.4) is 0 Å². The zero-order valence-electron chi connectivity index (χ0n) is 53.4. The lowest BCUT2D eigenvalue weighted by Crippen LogP contribution is -2.49. The van der Waals surface area contributed by atoms with E-state index >= 15 is 0 Å². The molecule has 3 saturated carbocycles. The van der Waals surface area contributed by atoms with Crippen LogP contribution in [-0.2, 0) is 50.9 Å². The molecule has 15 heteroatoms. The number of ether oxygens (including phenoxy) is 5. The van der Waals surface area contributed by atoms with E-state index in [9.17, 15) is 20.1 Å². The number of nitrogens with two attached hydrogens (primary N) is 1. The van der Waals surface area contributed by atoms with Crippen LogP contribution < -0.4 is 35.9 Å². The van der Waals surface area contributed by atoms with Crippen LogP contribution in [0.1, 0.15) is 170 Å². The first kappa shape index (κ1) is 60.9. The van der Waals surface area contributed by atoms with Gasteiger partial charge in [-0.2, -0.15) is 0 Å². The largest absolute Gasteiger partial charge is 0.508 e. The maximum Gasteiger partial charge on any atom is 0.302 e. The summed E-state index contributed by atoms with van der Waals surface area (Å²) in [5.41, 5.74) is 20.3. The molecule has 6 aliphatic carbocycles. The number of carbonyl (C=O) groups excluding carboxylic acids is 1. The summed E-state index contributed by atoms with van der Waals surface area (Å²) < 4.78 is 34.7. The average Bonchev–Trinajstić information content (AvgIpc) is 1.47. The molecule has 8 N–H and O–H groups in total. The van der Waals surface area contributed by atoms with Gasteiger partial charge in [0.25, 0.3) is 0 Å². The lowest BCUT2D eigenvalue weighted by molar-refractivity contribution is -0.141. The Bertz CT molecular complexity index is 3850. The van der Waals surface area contributed by atoms with Crippen molar-refractivity contribution < 1.29 is 43.8 Å². The van der Waals surface area contributed by atoms with Gasteiger partial charge in [-0.1, -0.05) is 114 Å². The lowest BCUT2D eigenvalue weighted by Gasteiger charge is -2.49. The summed E-state index contributed by atoms with van der Waals surface area (Å²) in [6, 6.07) is 15.6. The Hall–Kier alpha value is -6.01. The third-order valence-corrected chi connectivity index (χ3v) is 26.6. The van der Waals surface area contributed by atoms with Gasteiger partial charge in [0.05, 0.1) is 37.5 Å². The van der Waals surface area contributed by atoms with Crippen molar-refractivity contribution >= 4 is 33.6 Å². The monoisotopic (exact) mass is 1280 g/mol. The van der Waals surface area contributed by atoms with E-state index < -0.39 is 35.5 Å². The van der Waals surface area contributed by atoms with Crippen molar-refractivity contribution in [3.8, 4) is 63.6 Å². The third kappa shape index (κ3) is 10.4. The predicted octanol–water partition coefficient (Wildman–Crippen LogP) is 12.0. The van der Waals surface area contributed by atoms with Crippen molar-refractivity contribution in [1.82, 2.24) is 16.0 Å². The van der Waals surface area contributed by atoms with Gasteiger partial charge in [0.15, 0.2) is 11.5 Å². The predicted molar refractivity (Wildman–Crippen MR) is 362 cm³/mol. The number of hydrogen-bond acceptors (Lipinski definition) is 15. The molecule has 482 valence electrons. The van der Waals surface area contributed by atoms with Crippen LogP contribution in [0.5, 0.6) is 28.7 Å². The maximum atomic E-state index is 13.9. The molecule has 6 aliphatic heterocycles. The second-order valence-corrected chi connectivity index (χ2v) is 31.6. The van der Waals surface area contributed by atoms with E-state index in [0.717, 1.165) is 133 Å². The van der Waals surface area contributed by atoms with Crippen molar-refractivity contribution in [2.24, 2.45) is 41.2 Å². The fraction of sp³-hybridized carbons (Fsp3) is 0.545. The first-order valence-corrected chi connectivity index (χ1v) is 37.0. The van der Waals surface area contributed by atoms with Crippen molar-refractivity contribution in [3.05, 3.63) is 128 Å². The molecule has 12 bridgehead atoms. The summed E-state index contributed by atoms with van der Waals surface area (Å²) in [7, 11) is 7.25. The van der Waals surface area contributed by atoms with Gasteiger partial charge in [-0.3, -0.25) is 4.79 Å². The van der Waals surface area contributed by atoms with Crippen LogP contribution in [0.2, 0.25) is 0 Å². The number of benzene rings is 4. The number of nitrogens with one attached hydrogen (secondary N) is 3. The summed E-state index contributed by atoms with van der Waals surface area (Å²) >= 11 is 0. The summed E-state index contributed by atoms with van der Waals surface area (Å²) in [5, 5.41) is 49.6. The number of aliphatic hydroxyl groups is 1. The molecule has 4 fully saturated rings. The SMILES string of the molecule is COC[C@H]1[C@H](CO)[C@H]2CCCc3ccc4cc3C[C@H]1C#C[C@H]1C#CC3=C(C=CC(N)N3)[C@@H]([C@@H]3CC[C@@]5(Cc6cc(O)cc(OC)c6-c6ccc7c(c65)O[C@H](c5c6c(c(O)c(c51)CN2)O[C@H]1CSSC[C@@H]2CCC[C@H](C2)N[C@H]1C=C6)[C@H]7COC(C)=O)C3)C41CCCCC1. The smallest absolute Gasteiger partial charge is 0.302 e. The van der Waals surface area contributed by atoms with Crippen LogP contribution in [0, 0.1) is 59.2 Å². The highest BCUT2D eigenvalue weighted by Crippen LogP contribution is 2.66. The molecule has 4 aromatic carbocycles. The number of allylic oxidation sites excluding steroid dienone is 3. The molecule has 12 aliphatic rings. The number of esters is 1. The lowest BCUT2D eigenvalue weighted by atomic mass is 9.55. The minimum atomic E-state index is -0.847. The molecule has 0 radical (unpaired) electrons. The Labute approximate surface area is 550 Å². The van der Waals surface area contributed by atoms with E-state index in [1.807, 2.05) is 27.7 Å². The molecule has 92 heavy (non-hydrogen) atoms. The molecule has 13 nitrogen and oxygen atoms in total. The van der Waals surface area contributed by atoms with Gasteiger partial charge in [0.1, 0.15) is 42.0 Å². The number of dihydropyridines is 1. The number of carbonyl (C=O) groups is 1. The highest BCUT2D eigenvalue weighted by atomic mass is 33.1. The number of aryl methyl sites for hydroxylation is 1. The van der Waals surface area contributed by atoms with Crippen LogP contribution in [0.25, 0.3) is 17.2 Å².